The Balaban J connectivity index is 1.06. The lowest BCUT2D eigenvalue weighted by Crippen LogP contribution is -2.33. The molecular formula is C32H40N12O2. The fourth-order valence-electron chi connectivity index (χ4n) is 5.45. The molecule has 1 aliphatic rings. The smallest absolute Gasteiger partial charge is 0.238 e. The largest absolute Gasteiger partial charge is 0.486 e. The molecule has 5 heterocycles. The Morgan fingerprint density at radius 3 is 2.70 bits per heavy atom. The minimum Gasteiger partial charge on any atom is -0.486 e. The van der Waals surface area contributed by atoms with Gasteiger partial charge < -0.3 is 30.6 Å². The number of aryl methyl sites for hydroxylation is 3. The second-order valence-electron chi connectivity index (χ2n) is 11.9. The Bertz CT molecular complexity index is 1790. The molecule has 4 aromatic heterocycles. The number of likely N-dealkylation sites (N-methyl/N-ethyl adjacent to an activating group) is 1. The van der Waals surface area contributed by atoms with E-state index in [1.54, 1.807) is 23.3 Å². The average Bonchev–Trinajstić information content (AvgIpc) is 3.73. The van der Waals surface area contributed by atoms with Gasteiger partial charge in [-0.3, -0.25) is 14.4 Å². The van der Waals surface area contributed by atoms with Gasteiger partial charge in [0.25, 0.3) is 0 Å². The highest BCUT2D eigenvalue weighted by molar-refractivity contribution is 6.06. The van der Waals surface area contributed by atoms with Crippen molar-refractivity contribution < 1.29 is 9.53 Å². The maximum Gasteiger partial charge on any atom is 0.238 e. The number of aromatic amines is 1. The Hall–Kier alpha value is -5.08. The SMILES string of the molecule is Cc1cnc(Nc2cc(C)n(C)n2)nc1-c1c[nH]c2c(NC(=O)CN3CCC(Oc4cnc(NCCN(C)C)nc4)C3)cccc12. The van der Waals surface area contributed by atoms with Crippen LogP contribution in [0.5, 0.6) is 5.75 Å². The molecule has 4 N–H and O–H groups in total. The first kappa shape index (κ1) is 30.9. The molecule has 0 aliphatic carbocycles. The van der Waals surface area contributed by atoms with Crippen LogP contribution in [0.2, 0.25) is 0 Å². The number of fused-ring (bicyclic) bond motifs is 1. The van der Waals surface area contributed by atoms with E-state index < -0.39 is 0 Å². The first-order chi connectivity index (χ1) is 22.2. The van der Waals surface area contributed by atoms with E-state index in [1.807, 2.05) is 65.5 Å². The van der Waals surface area contributed by atoms with Gasteiger partial charge in [-0.1, -0.05) is 12.1 Å². The molecule has 14 nitrogen and oxygen atoms in total. The molecule has 14 heteroatoms. The fourth-order valence-corrected chi connectivity index (χ4v) is 5.45. The minimum absolute atomic E-state index is 0.0319. The van der Waals surface area contributed by atoms with Crippen molar-refractivity contribution in [3.8, 4) is 17.0 Å². The van der Waals surface area contributed by atoms with Gasteiger partial charge in [0.15, 0.2) is 11.6 Å². The summed E-state index contributed by atoms with van der Waals surface area (Å²) in [7, 11) is 5.94. The summed E-state index contributed by atoms with van der Waals surface area (Å²) in [4.78, 5) is 38.6. The zero-order valence-corrected chi connectivity index (χ0v) is 26.8. The van der Waals surface area contributed by atoms with Crippen LogP contribution in [0, 0.1) is 13.8 Å². The minimum atomic E-state index is -0.0869. The van der Waals surface area contributed by atoms with Gasteiger partial charge in [0.2, 0.25) is 17.8 Å². The van der Waals surface area contributed by atoms with Crippen LogP contribution in [-0.4, -0.2) is 103 Å². The topological polar surface area (TPSA) is 154 Å². The van der Waals surface area contributed by atoms with E-state index in [9.17, 15) is 4.79 Å². The number of carbonyl (C=O) groups excluding carboxylic acids is 1. The highest BCUT2D eigenvalue weighted by atomic mass is 16.5. The van der Waals surface area contributed by atoms with Crippen molar-refractivity contribution in [2.24, 2.45) is 7.05 Å². The van der Waals surface area contributed by atoms with E-state index in [0.29, 0.717) is 35.7 Å². The fraction of sp³-hybridized carbons (Fsp3) is 0.375. The molecule has 0 spiro atoms. The zero-order chi connectivity index (χ0) is 32.2. The lowest BCUT2D eigenvalue weighted by Gasteiger charge is -2.17. The molecule has 1 aliphatic heterocycles. The Morgan fingerprint density at radius 1 is 1.13 bits per heavy atom. The summed E-state index contributed by atoms with van der Waals surface area (Å²) in [5.41, 5.74) is 5.23. The third-order valence-corrected chi connectivity index (χ3v) is 7.94. The van der Waals surface area contributed by atoms with Crippen LogP contribution in [-0.2, 0) is 11.8 Å². The number of nitrogens with one attached hydrogen (secondary N) is 4. The first-order valence-electron chi connectivity index (χ1n) is 15.3. The Labute approximate surface area is 267 Å². The van der Waals surface area contributed by atoms with Crippen LogP contribution in [0.15, 0.2) is 49.1 Å². The van der Waals surface area contributed by atoms with E-state index in [1.165, 1.54) is 0 Å². The lowest BCUT2D eigenvalue weighted by atomic mass is 10.1. The predicted molar refractivity (Wildman–Crippen MR) is 178 cm³/mol. The average molecular weight is 625 g/mol. The first-order valence-corrected chi connectivity index (χ1v) is 15.3. The van der Waals surface area contributed by atoms with Gasteiger partial charge in [0.1, 0.15) is 6.10 Å². The second kappa shape index (κ2) is 13.5. The molecule has 240 valence electrons. The molecule has 1 saturated heterocycles. The molecule has 0 bridgehead atoms. The van der Waals surface area contributed by atoms with E-state index in [4.69, 9.17) is 9.72 Å². The molecule has 1 atom stereocenters. The summed E-state index contributed by atoms with van der Waals surface area (Å²) in [5, 5.41) is 14.9. The maximum absolute atomic E-state index is 13.1. The van der Waals surface area contributed by atoms with Crippen molar-refractivity contribution in [3.05, 3.63) is 60.3 Å². The van der Waals surface area contributed by atoms with Crippen LogP contribution in [0.1, 0.15) is 17.7 Å². The maximum atomic E-state index is 13.1. The van der Waals surface area contributed by atoms with Crippen LogP contribution < -0.4 is 20.7 Å². The standard InChI is InChI=1S/C32H40N12O2/c1-20-14-35-32(39-27-13-21(2)43(5)41-27)40-29(20)25-17-34-30-24(25)7-6-8-26(30)38-28(45)19-44-11-9-22(18-44)46-23-15-36-31(37-16-23)33-10-12-42(3)4/h6-8,13-17,22,34H,9-12,18-19H2,1-5H3,(H,38,45)(H,33,36,37)(H,35,39,40,41). The number of nitrogens with zero attached hydrogens (tertiary/aromatic N) is 8. The molecular weight excluding hydrogens is 584 g/mol. The number of rotatable bonds is 12. The third kappa shape index (κ3) is 7.24. The number of benzene rings is 1. The van der Waals surface area contributed by atoms with Crippen LogP contribution in [0.4, 0.5) is 23.4 Å². The number of hydrogen-bond acceptors (Lipinski definition) is 11. The van der Waals surface area contributed by atoms with Gasteiger partial charge in [-0.25, -0.2) is 19.9 Å². The van der Waals surface area contributed by atoms with Gasteiger partial charge in [-0.2, -0.15) is 5.10 Å². The molecule has 46 heavy (non-hydrogen) atoms. The molecule has 1 unspecified atom stereocenters. The van der Waals surface area contributed by atoms with E-state index >= 15 is 0 Å². The number of amides is 1. The van der Waals surface area contributed by atoms with Crippen LogP contribution in [0.3, 0.4) is 0 Å². The van der Waals surface area contributed by atoms with Crippen LogP contribution >= 0.6 is 0 Å². The predicted octanol–water partition coefficient (Wildman–Crippen LogP) is 3.57. The molecule has 6 rings (SSSR count). The summed E-state index contributed by atoms with van der Waals surface area (Å²) in [5.74, 6) is 2.25. The van der Waals surface area contributed by atoms with Gasteiger partial charge in [-0.05, 0) is 46.0 Å². The van der Waals surface area contributed by atoms with E-state index in [-0.39, 0.29) is 18.6 Å². The van der Waals surface area contributed by atoms with Gasteiger partial charge in [-0.15, -0.1) is 0 Å². The number of hydrogen-bond donors (Lipinski definition) is 4. The molecule has 0 saturated carbocycles. The number of carbonyl (C=O) groups is 1. The van der Waals surface area contributed by atoms with Gasteiger partial charge in [0.05, 0.1) is 35.8 Å². The molecule has 1 amide bonds. The quantitative estimate of drug-likeness (QED) is 0.161. The van der Waals surface area contributed by atoms with E-state index in [0.717, 1.165) is 59.5 Å². The Kier molecular flexibility index (Phi) is 9.08. The number of para-hydroxylation sites is 1. The summed E-state index contributed by atoms with van der Waals surface area (Å²) < 4.78 is 7.90. The highest BCUT2D eigenvalue weighted by Crippen LogP contribution is 2.33. The van der Waals surface area contributed by atoms with Crippen LogP contribution in [0.25, 0.3) is 22.2 Å². The number of H-pyrrole nitrogens is 1. The summed E-state index contributed by atoms with van der Waals surface area (Å²) in [6.45, 7) is 7.30. The second-order valence-corrected chi connectivity index (χ2v) is 11.9. The summed E-state index contributed by atoms with van der Waals surface area (Å²) in [6.07, 6.45) is 7.88. The van der Waals surface area contributed by atoms with Crippen molar-refractivity contribution in [2.45, 2.75) is 26.4 Å². The monoisotopic (exact) mass is 624 g/mol. The number of anilines is 4. The van der Waals surface area contributed by atoms with Crippen molar-refractivity contribution in [1.29, 1.82) is 0 Å². The van der Waals surface area contributed by atoms with Crippen molar-refractivity contribution >= 4 is 40.2 Å². The molecule has 5 aromatic rings. The lowest BCUT2D eigenvalue weighted by molar-refractivity contribution is -0.117. The summed E-state index contributed by atoms with van der Waals surface area (Å²) in [6, 6.07) is 7.80. The molecule has 0 radical (unpaired) electrons. The van der Waals surface area contributed by atoms with Gasteiger partial charge in [0, 0.05) is 68.3 Å². The summed E-state index contributed by atoms with van der Waals surface area (Å²) >= 11 is 0. The number of ether oxygens (including phenoxy) is 1. The van der Waals surface area contributed by atoms with Crippen molar-refractivity contribution in [3.63, 3.8) is 0 Å². The number of likely N-dealkylation sites (tertiary alicyclic amines) is 1. The van der Waals surface area contributed by atoms with Crippen molar-refractivity contribution in [1.82, 2.24) is 44.5 Å². The molecule has 1 aromatic carbocycles. The van der Waals surface area contributed by atoms with Gasteiger partial charge >= 0.3 is 0 Å². The number of aromatic nitrogens is 7. The third-order valence-electron chi connectivity index (χ3n) is 7.94. The van der Waals surface area contributed by atoms with Crippen molar-refractivity contribution in [2.75, 3.05) is 62.8 Å². The zero-order valence-electron chi connectivity index (χ0n) is 26.8. The Morgan fingerprint density at radius 2 is 1.93 bits per heavy atom. The molecule has 1 fully saturated rings. The highest BCUT2D eigenvalue weighted by Gasteiger charge is 2.26. The normalized spacial score (nSPS) is 15.0. The van der Waals surface area contributed by atoms with E-state index in [2.05, 4.69) is 50.8 Å².